The van der Waals surface area contributed by atoms with Crippen LogP contribution in [0.2, 0.25) is 0 Å². The standard InChI is InChI=1S/C53H34N4O/c54-35-36-30-32-37(33-31-36)39-18-14-19-40(34-39)50-55-51(44-25-11-10-24-43(44)38-16-4-1-5-17-38)57-52(56-50)45-26-15-28-47-49(45)58-48-29-13-12-27-46(48)53(47,41-20-6-2-7-21-41)42-22-8-3-9-23-42/h1-34H. The Morgan fingerprint density at radius 2 is 0.914 bits per heavy atom. The zero-order chi connectivity index (χ0) is 38.9. The van der Waals surface area contributed by atoms with Gasteiger partial charge in [0.25, 0.3) is 0 Å². The fourth-order valence-electron chi connectivity index (χ4n) is 8.27. The van der Waals surface area contributed by atoms with E-state index in [-0.39, 0.29) is 0 Å². The van der Waals surface area contributed by atoms with E-state index in [9.17, 15) is 5.26 Å². The summed E-state index contributed by atoms with van der Waals surface area (Å²) in [5, 5.41) is 9.41. The van der Waals surface area contributed by atoms with Gasteiger partial charge in [-0.3, -0.25) is 0 Å². The topological polar surface area (TPSA) is 71.7 Å². The number of para-hydroxylation sites is 2. The number of nitrogens with zero attached hydrogens (tertiary/aromatic N) is 4. The molecule has 10 rings (SSSR count). The van der Waals surface area contributed by atoms with Gasteiger partial charge in [0.15, 0.2) is 17.5 Å². The van der Waals surface area contributed by atoms with Gasteiger partial charge in [-0.25, -0.2) is 15.0 Å². The Kier molecular flexibility index (Phi) is 8.70. The van der Waals surface area contributed by atoms with E-state index in [2.05, 4.69) is 127 Å². The zero-order valence-electron chi connectivity index (χ0n) is 31.3. The smallest absolute Gasteiger partial charge is 0.167 e. The molecule has 8 aromatic carbocycles. The third-order valence-corrected chi connectivity index (χ3v) is 10.9. The van der Waals surface area contributed by atoms with Crippen molar-refractivity contribution in [3.8, 4) is 74.0 Å². The third kappa shape index (κ3) is 5.92. The second-order valence-corrected chi connectivity index (χ2v) is 14.3. The Labute approximate surface area is 337 Å². The van der Waals surface area contributed by atoms with Crippen LogP contribution < -0.4 is 4.74 Å². The molecule has 272 valence electrons. The Morgan fingerprint density at radius 3 is 1.62 bits per heavy atom. The number of nitriles is 1. The van der Waals surface area contributed by atoms with Crippen LogP contribution in [0.4, 0.5) is 0 Å². The van der Waals surface area contributed by atoms with Gasteiger partial charge >= 0.3 is 0 Å². The number of fused-ring (bicyclic) bond motifs is 2. The summed E-state index contributed by atoms with van der Waals surface area (Å²) in [5.74, 6) is 3.05. The fourth-order valence-corrected chi connectivity index (χ4v) is 8.27. The molecule has 0 saturated heterocycles. The summed E-state index contributed by atoms with van der Waals surface area (Å²) >= 11 is 0. The van der Waals surface area contributed by atoms with Gasteiger partial charge < -0.3 is 4.74 Å². The average molecular weight is 743 g/mol. The number of hydrogen-bond donors (Lipinski definition) is 0. The number of rotatable bonds is 7. The Hall–Kier alpha value is -7.94. The van der Waals surface area contributed by atoms with Crippen molar-refractivity contribution in [1.82, 2.24) is 15.0 Å². The summed E-state index contributed by atoms with van der Waals surface area (Å²) in [7, 11) is 0. The van der Waals surface area contributed by atoms with Gasteiger partial charge in [-0.05, 0) is 63.7 Å². The minimum Gasteiger partial charge on any atom is -0.456 e. The molecule has 0 fully saturated rings. The van der Waals surface area contributed by atoms with Crippen LogP contribution in [0.1, 0.15) is 27.8 Å². The molecule has 0 N–H and O–H groups in total. The highest BCUT2D eigenvalue weighted by atomic mass is 16.5. The van der Waals surface area contributed by atoms with Crippen molar-refractivity contribution in [3.05, 3.63) is 234 Å². The van der Waals surface area contributed by atoms with Gasteiger partial charge in [0.1, 0.15) is 11.5 Å². The molecule has 5 nitrogen and oxygen atoms in total. The maximum Gasteiger partial charge on any atom is 0.167 e. The van der Waals surface area contributed by atoms with E-state index < -0.39 is 5.41 Å². The molecule has 58 heavy (non-hydrogen) atoms. The first kappa shape index (κ1) is 34.5. The van der Waals surface area contributed by atoms with Crippen LogP contribution in [0.25, 0.3) is 56.4 Å². The molecule has 1 aliphatic rings. The maximum atomic E-state index is 9.41. The van der Waals surface area contributed by atoms with Gasteiger partial charge in [0.05, 0.1) is 22.6 Å². The van der Waals surface area contributed by atoms with Crippen molar-refractivity contribution in [3.63, 3.8) is 0 Å². The fraction of sp³-hybridized carbons (Fsp3) is 0.0189. The lowest BCUT2D eigenvalue weighted by atomic mass is 9.63. The average Bonchev–Trinajstić information content (AvgIpc) is 3.31. The molecule has 0 spiro atoms. The number of hydrogen-bond acceptors (Lipinski definition) is 5. The summed E-state index contributed by atoms with van der Waals surface area (Å²) in [6.07, 6.45) is 0. The molecule has 0 unspecified atom stereocenters. The molecule has 0 bridgehead atoms. The molecular formula is C53H34N4O. The molecule has 0 radical (unpaired) electrons. The van der Waals surface area contributed by atoms with Crippen LogP contribution in [0.15, 0.2) is 206 Å². The molecule has 1 aromatic heterocycles. The zero-order valence-corrected chi connectivity index (χ0v) is 31.3. The SMILES string of the molecule is N#Cc1ccc(-c2cccc(-c3nc(-c4ccccc4-c4ccccc4)nc(-c4cccc5c4Oc4ccccc4C5(c4ccccc4)c4ccccc4)n3)c2)cc1. The van der Waals surface area contributed by atoms with Crippen molar-refractivity contribution in [2.24, 2.45) is 0 Å². The van der Waals surface area contributed by atoms with Crippen LogP contribution in [0.5, 0.6) is 11.5 Å². The summed E-state index contributed by atoms with van der Waals surface area (Å²) in [5.41, 5.74) is 10.8. The van der Waals surface area contributed by atoms with Gasteiger partial charge in [-0.1, -0.05) is 176 Å². The molecule has 1 aliphatic heterocycles. The van der Waals surface area contributed by atoms with Crippen molar-refractivity contribution >= 4 is 0 Å². The molecule has 0 amide bonds. The quantitative estimate of drug-likeness (QED) is 0.163. The minimum atomic E-state index is -0.698. The lowest BCUT2D eigenvalue weighted by molar-refractivity contribution is 0.436. The summed E-state index contributed by atoms with van der Waals surface area (Å²) in [6, 6.07) is 72.5. The van der Waals surface area contributed by atoms with E-state index in [1.165, 1.54) is 0 Å². The largest absolute Gasteiger partial charge is 0.456 e. The van der Waals surface area contributed by atoms with Crippen molar-refractivity contribution in [2.75, 3.05) is 0 Å². The van der Waals surface area contributed by atoms with E-state index in [0.29, 0.717) is 28.8 Å². The second-order valence-electron chi connectivity index (χ2n) is 14.3. The minimum absolute atomic E-state index is 0.498. The molecule has 9 aromatic rings. The lowest BCUT2D eigenvalue weighted by Gasteiger charge is -2.42. The van der Waals surface area contributed by atoms with E-state index in [1.807, 2.05) is 84.9 Å². The highest BCUT2D eigenvalue weighted by Gasteiger charge is 2.46. The van der Waals surface area contributed by atoms with Crippen LogP contribution in [-0.4, -0.2) is 15.0 Å². The molecule has 0 aliphatic carbocycles. The van der Waals surface area contributed by atoms with E-state index in [1.54, 1.807) is 0 Å². The van der Waals surface area contributed by atoms with E-state index in [4.69, 9.17) is 19.7 Å². The van der Waals surface area contributed by atoms with Crippen molar-refractivity contribution in [1.29, 1.82) is 5.26 Å². The van der Waals surface area contributed by atoms with Gasteiger partial charge in [-0.2, -0.15) is 5.26 Å². The Balaban J connectivity index is 1.23. The number of aromatic nitrogens is 3. The van der Waals surface area contributed by atoms with Gasteiger partial charge in [0.2, 0.25) is 0 Å². The third-order valence-electron chi connectivity index (χ3n) is 10.9. The first-order valence-corrected chi connectivity index (χ1v) is 19.2. The first-order chi connectivity index (χ1) is 28.7. The number of benzene rings is 8. The maximum absolute atomic E-state index is 9.41. The predicted octanol–water partition coefficient (Wildman–Crippen LogP) is 12.6. The summed E-state index contributed by atoms with van der Waals surface area (Å²) in [4.78, 5) is 15.8. The molecule has 0 saturated carbocycles. The molecule has 5 heteroatoms. The molecule has 2 heterocycles. The second kappa shape index (κ2) is 14.6. The van der Waals surface area contributed by atoms with Crippen molar-refractivity contribution < 1.29 is 4.74 Å². The summed E-state index contributed by atoms with van der Waals surface area (Å²) in [6.45, 7) is 0. The van der Waals surface area contributed by atoms with E-state index in [0.717, 1.165) is 66.9 Å². The van der Waals surface area contributed by atoms with Gasteiger partial charge in [0, 0.05) is 22.3 Å². The normalized spacial score (nSPS) is 12.4. The van der Waals surface area contributed by atoms with Crippen LogP contribution >= 0.6 is 0 Å². The van der Waals surface area contributed by atoms with E-state index >= 15 is 0 Å². The highest BCUT2D eigenvalue weighted by Crippen LogP contribution is 2.57. The van der Waals surface area contributed by atoms with Gasteiger partial charge in [-0.15, -0.1) is 0 Å². The molecule has 0 atom stereocenters. The predicted molar refractivity (Wildman–Crippen MR) is 230 cm³/mol. The van der Waals surface area contributed by atoms with Crippen LogP contribution in [0.3, 0.4) is 0 Å². The van der Waals surface area contributed by atoms with Crippen LogP contribution in [-0.2, 0) is 5.41 Å². The Bertz CT molecular complexity index is 2940. The van der Waals surface area contributed by atoms with Crippen LogP contribution in [0, 0.1) is 11.3 Å². The lowest BCUT2D eigenvalue weighted by Crippen LogP contribution is -2.34. The number of ether oxygens (including phenoxy) is 1. The summed E-state index contributed by atoms with van der Waals surface area (Å²) < 4.78 is 7.02. The van der Waals surface area contributed by atoms with Crippen molar-refractivity contribution in [2.45, 2.75) is 5.41 Å². The highest BCUT2D eigenvalue weighted by molar-refractivity contribution is 5.83. The Morgan fingerprint density at radius 1 is 0.397 bits per heavy atom. The monoisotopic (exact) mass is 742 g/mol. The first-order valence-electron chi connectivity index (χ1n) is 19.2. The molecular weight excluding hydrogens is 709 g/mol.